The molecule has 1 heterocycles. The molecule has 0 amide bonds. The number of esters is 1. The molecule has 1 aromatic carbocycles. The fraction of sp³-hybridized carbons (Fsp3) is 0.462. The summed E-state index contributed by atoms with van der Waals surface area (Å²) in [4.78, 5) is 14.1. The number of phenolic OH excluding ortho intramolecular Hbond substituents is 1. The molecule has 0 bridgehead atoms. The molecule has 0 aliphatic carbocycles. The van der Waals surface area contributed by atoms with Crippen molar-refractivity contribution in [3.05, 3.63) is 29.8 Å². The fourth-order valence-electron chi connectivity index (χ4n) is 1.98. The minimum absolute atomic E-state index is 0.158. The second kappa shape index (κ2) is 7.22. The zero-order chi connectivity index (χ0) is 12.8. The van der Waals surface area contributed by atoms with E-state index in [1.165, 1.54) is 31.7 Å². The van der Waals surface area contributed by atoms with Gasteiger partial charge in [0.2, 0.25) is 0 Å². The van der Waals surface area contributed by atoms with Crippen molar-refractivity contribution in [2.24, 2.45) is 0 Å². The molecule has 1 fully saturated rings. The van der Waals surface area contributed by atoms with E-state index < -0.39 is 0 Å². The van der Waals surface area contributed by atoms with Crippen LogP contribution in [0, 0.1) is 0 Å². The van der Waals surface area contributed by atoms with Gasteiger partial charge in [-0.3, -0.25) is 0 Å². The molecule has 1 saturated heterocycles. The maximum absolute atomic E-state index is 11.7. The number of rotatable bonds is 4. The van der Waals surface area contributed by atoms with Crippen LogP contribution in [-0.4, -0.2) is 42.2 Å². The van der Waals surface area contributed by atoms with Gasteiger partial charge in [0.1, 0.15) is 0 Å². The molecule has 1 aliphatic heterocycles. The topological polar surface area (TPSA) is 49.8 Å². The number of nitrogens with zero attached hydrogens (tertiary/aromatic N) is 1. The van der Waals surface area contributed by atoms with Crippen LogP contribution in [0.1, 0.15) is 10.4 Å². The van der Waals surface area contributed by atoms with E-state index in [4.69, 9.17) is 9.84 Å². The van der Waals surface area contributed by atoms with Gasteiger partial charge in [-0.25, -0.2) is 0 Å². The van der Waals surface area contributed by atoms with E-state index in [1.807, 2.05) is 0 Å². The summed E-state index contributed by atoms with van der Waals surface area (Å²) >= 11 is -0.182. The Balaban J connectivity index is 1.72. The summed E-state index contributed by atoms with van der Waals surface area (Å²) in [5, 5.41) is 9.13. The summed E-state index contributed by atoms with van der Waals surface area (Å²) in [6, 6.07) is 6.14. The van der Waals surface area contributed by atoms with Gasteiger partial charge in [0, 0.05) is 0 Å². The molecule has 0 aromatic heterocycles. The van der Waals surface area contributed by atoms with Gasteiger partial charge in [-0.2, -0.15) is 0 Å². The Morgan fingerprint density at radius 2 is 1.94 bits per heavy atom. The Morgan fingerprint density at radius 3 is 2.61 bits per heavy atom. The standard InChI is InChI=1S/C13H17NO3.Y/c1-3-14(4-2)9-10-17-13(16)11-5-7-12(15)8-6-11;/h5-8,15H,1-4,9-10H2;. The average Bonchev–Trinajstić information content (AvgIpc) is 2.40. The van der Waals surface area contributed by atoms with E-state index in [-0.39, 0.29) is 40.9 Å². The predicted molar refractivity (Wildman–Crippen MR) is 64.4 cm³/mol. The third-order valence-electron chi connectivity index (χ3n) is 3.04. The van der Waals surface area contributed by atoms with Gasteiger partial charge in [0.25, 0.3) is 0 Å². The number of carbonyl (C=O) groups is 1. The van der Waals surface area contributed by atoms with Crippen molar-refractivity contribution in [2.45, 2.75) is 6.46 Å². The van der Waals surface area contributed by atoms with Crippen molar-refractivity contribution in [3.8, 4) is 5.75 Å². The molecule has 1 aromatic rings. The SMILES string of the molecule is O=C(OCCN1C[CH2][Y][CH2]C1)c1ccc(O)cc1. The molecule has 0 atom stereocenters. The van der Waals surface area contributed by atoms with E-state index in [0.29, 0.717) is 12.2 Å². The quantitative estimate of drug-likeness (QED) is 0.858. The van der Waals surface area contributed by atoms with Gasteiger partial charge >= 0.3 is 123 Å². The second-order valence-corrected chi connectivity index (χ2v) is 8.65. The summed E-state index contributed by atoms with van der Waals surface area (Å²) in [5.74, 6) is -0.157. The summed E-state index contributed by atoms with van der Waals surface area (Å²) in [6.07, 6.45) is 0. The molecule has 0 spiro atoms. The van der Waals surface area contributed by atoms with Crippen molar-refractivity contribution in [1.29, 1.82) is 0 Å². The normalized spacial score (nSPS) is 15.6. The Labute approximate surface area is 122 Å². The third-order valence-corrected chi connectivity index (χ3v) is 6.32. The van der Waals surface area contributed by atoms with Crippen molar-refractivity contribution in [3.63, 3.8) is 0 Å². The van der Waals surface area contributed by atoms with Gasteiger partial charge in [0.05, 0.1) is 0 Å². The van der Waals surface area contributed by atoms with Crippen LogP contribution in [-0.2, 0) is 33.9 Å². The number of phenols is 1. The number of hydrogen-bond acceptors (Lipinski definition) is 4. The second-order valence-electron chi connectivity index (χ2n) is 4.39. The Kier molecular flexibility index (Phi) is 5.60. The molecular weight excluding hydrogens is 307 g/mol. The Hall–Kier alpha value is -0.446. The summed E-state index contributed by atoms with van der Waals surface area (Å²) in [6.45, 7) is 3.68. The molecule has 95 valence electrons. The van der Waals surface area contributed by atoms with Crippen LogP contribution in [0.3, 0.4) is 0 Å². The third kappa shape index (κ3) is 4.34. The van der Waals surface area contributed by atoms with E-state index in [2.05, 4.69) is 4.90 Å². The zero-order valence-corrected chi connectivity index (χ0v) is 13.2. The molecule has 18 heavy (non-hydrogen) atoms. The summed E-state index contributed by atoms with van der Waals surface area (Å²) < 4.78 is 8.09. The van der Waals surface area contributed by atoms with Crippen molar-refractivity contribution < 1.29 is 43.8 Å². The number of hydrogen-bond donors (Lipinski definition) is 1. The molecule has 1 N–H and O–H groups in total. The van der Waals surface area contributed by atoms with Gasteiger partial charge in [-0.1, -0.05) is 0 Å². The van der Waals surface area contributed by atoms with E-state index in [0.717, 1.165) is 6.54 Å². The first kappa shape index (κ1) is 14.0. The molecular formula is C13H17NO3Y. The van der Waals surface area contributed by atoms with Crippen molar-refractivity contribution >= 4 is 5.97 Å². The Bertz CT molecular complexity index is 388. The van der Waals surface area contributed by atoms with Gasteiger partial charge in [-0.15, -0.1) is 0 Å². The van der Waals surface area contributed by atoms with Gasteiger partial charge in [0.15, 0.2) is 0 Å². The van der Waals surface area contributed by atoms with Crippen LogP contribution >= 0.6 is 0 Å². The molecule has 1 aliphatic rings. The fourth-order valence-corrected chi connectivity index (χ4v) is 5.38. The summed E-state index contributed by atoms with van der Waals surface area (Å²) in [7, 11) is 0. The monoisotopic (exact) mass is 324 g/mol. The molecule has 0 saturated carbocycles. The van der Waals surface area contributed by atoms with Crippen LogP contribution in [0.25, 0.3) is 0 Å². The molecule has 4 nitrogen and oxygen atoms in total. The molecule has 5 heteroatoms. The van der Waals surface area contributed by atoms with Gasteiger partial charge in [-0.05, 0) is 0 Å². The van der Waals surface area contributed by atoms with Crippen molar-refractivity contribution in [1.82, 2.24) is 4.90 Å². The number of ether oxygens (including phenoxy) is 1. The molecule has 0 unspecified atom stereocenters. The maximum atomic E-state index is 11.7. The van der Waals surface area contributed by atoms with Gasteiger partial charge < -0.3 is 0 Å². The summed E-state index contributed by atoms with van der Waals surface area (Å²) in [5.41, 5.74) is 0.488. The van der Waals surface area contributed by atoms with Crippen molar-refractivity contribution in [2.75, 3.05) is 26.2 Å². The van der Waals surface area contributed by atoms with Crippen LogP contribution in [0.2, 0.25) is 6.46 Å². The van der Waals surface area contributed by atoms with Crippen LogP contribution in [0.5, 0.6) is 5.75 Å². The first-order valence-corrected chi connectivity index (χ1v) is 10.3. The predicted octanol–water partition coefficient (Wildman–Crippen LogP) is 1.78. The molecule has 0 radical (unpaired) electrons. The first-order valence-electron chi connectivity index (χ1n) is 6.26. The number of aromatic hydroxyl groups is 1. The number of benzene rings is 1. The van der Waals surface area contributed by atoms with Crippen LogP contribution in [0.15, 0.2) is 24.3 Å². The minimum atomic E-state index is -0.315. The number of carbonyl (C=O) groups excluding carboxylic acids is 1. The zero-order valence-electron chi connectivity index (χ0n) is 10.3. The first-order chi connectivity index (χ1) is 8.75. The van der Waals surface area contributed by atoms with E-state index in [9.17, 15) is 4.79 Å². The van der Waals surface area contributed by atoms with E-state index >= 15 is 0 Å². The molecule has 2 rings (SSSR count). The van der Waals surface area contributed by atoms with E-state index in [1.54, 1.807) is 12.1 Å². The Morgan fingerprint density at radius 1 is 1.28 bits per heavy atom. The van der Waals surface area contributed by atoms with Crippen LogP contribution in [0.4, 0.5) is 0 Å². The van der Waals surface area contributed by atoms with Crippen LogP contribution < -0.4 is 0 Å². The average molecular weight is 324 g/mol.